The highest BCUT2D eigenvalue weighted by atomic mass is 32.1. The second-order valence-corrected chi connectivity index (χ2v) is 4.45. The first-order valence-corrected chi connectivity index (χ1v) is 6.32. The van der Waals surface area contributed by atoms with Gasteiger partial charge in [0.2, 0.25) is 6.79 Å². The summed E-state index contributed by atoms with van der Waals surface area (Å²) in [4.78, 5) is 16.0. The largest absolute Gasteiger partial charge is 0.454 e. The highest BCUT2D eigenvalue weighted by Gasteiger charge is 2.16. The summed E-state index contributed by atoms with van der Waals surface area (Å²) in [6.45, 7) is 0.635. The smallest absolute Gasteiger partial charge is 0.251 e. The van der Waals surface area contributed by atoms with Crippen LogP contribution in [-0.4, -0.2) is 17.7 Å². The molecule has 0 unspecified atom stereocenters. The number of carbonyl (C=O) groups is 1. The van der Waals surface area contributed by atoms with Crippen LogP contribution in [0.25, 0.3) is 0 Å². The number of aromatic nitrogens is 1. The first kappa shape index (κ1) is 11.0. The lowest BCUT2D eigenvalue weighted by atomic mass is 10.2. The summed E-state index contributed by atoms with van der Waals surface area (Å²) in [5.41, 5.74) is 3.14. The van der Waals surface area contributed by atoms with E-state index < -0.39 is 0 Å². The van der Waals surface area contributed by atoms with E-state index in [2.05, 4.69) is 10.3 Å². The van der Waals surface area contributed by atoms with Gasteiger partial charge >= 0.3 is 0 Å². The molecule has 0 radical (unpaired) electrons. The Bertz CT molecular complexity index is 569. The Labute approximate surface area is 107 Å². The molecule has 1 aliphatic rings. The van der Waals surface area contributed by atoms with E-state index in [0.717, 1.165) is 5.69 Å². The van der Waals surface area contributed by atoms with Gasteiger partial charge in [0.05, 0.1) is 17.7 Å². The van der Waals surface area contributed by atoms with Gasteiger partial charge in [0, 0.05) is 10.9 Å². The average Bonchev–Trinajstić information content (AvgIpc) is 3.05. The molecule has 5 nitrogen and oxygen atoms in total. The third-order valence-corrected chi connectivity index (χ3v) is 3.18. The SMILES string of the molecule is O=C(NCc1cscn1)c1ccc2c(c1)OCO2. The third kappa shape index (κ3) is 2.14. The molecule has 2 aromatic rings. The zero-order valence-corrected chi connectivity index (χ0v) is 10.2. The van der Waals surface area contributed by atoms with E-state index in [9.17, 15) is 4.79 Å². The topological polar surface area (TPSA) is 60.5 Å². The normalized spacial score (nSPS) is 12.4. The van der Waals surface area contributed by atoms with Crippen molar-refractivity contribution in [2.45, 2.75) is 6.54 Å². The van der Waals surface area contributed by atoms with Crippen LogP contribution in [0.3, 0.4) is 0 Å². The molecule has 18 heavy (non-hydrogen) atoms. The van der Waals surface area contributed by atoms with Crippen LogP contribution in [0.4, 0.5) is 0 Å². The van der Waals surface area contributed by atoms with Crippen LogP contribution in [0, 0.1) is 0 Å². The zero-order valence-electron chi connectivity index (χ0n) is 9.38. The molecule has 1 aromatic heterocycles. The van der Waals surface area contributed by atoms with Crippen molar-refractivity contribution in [1.29, 1.82) is 0 Å². The van der Waals surface area contributed by atoms with Crippen LogP contribution < -0.4 is 14.8 Å². The van der Waals surface area contributed by atoms with Crippen LogP contribution in [0.5, 0.6) is 11.5 Å². The van der Waals surface area contributed by atoms with E-state index in [1.54, 1.807) is 23.7 Å². The fraction of sp³-hybridized carbons (Fsp3) is 0.167. The molecule has 1 aromatic carbocycles. The van der Waals surface area contributed by atoms with Crippen molar-refractivity contribution in [2.24, 2.45) is 0 Å². The van der Waals surface area contributed by atoms with Gasteiger partial charge in [-0.15, -0.1) is 11.3 Å². The van der Waals surface area contributed by atoms with Crippen molar-refractivity contribution in [3.8, 4) is 11.5 Å². The lowest BCUT2D eigenvalue weighted by Gasteiger charge is -2.04. The maximum Gasteiger partial charge on any atom is 0.251 e. The molecule has 0 saturated carbocycles. The minimum absolute atomic E-state index is 0.152. The first-order chi connectivity index (χ1) is 8.83. The van der Waals surface area contributed by atoms with Gasteiger partial charge in [-0.25, -0.2) is 4.98 Å². The molecule has 1 aliphatic heterocycles. The van der Waals surface area contributed by atoms with Crippen LogP contribution >= 0.6 is 11.3 Å². The molecule has 0 spiro atoms. The summed E-state index contributed by atoms with van der Waals surface area (Å²) >= 11 is 1.50. The number of thiazole rings is 1. The summed E-state index contributed by atoms with van der Waals surface area (Å²) in [6, 6.07) is 5.13. The van der Waals surface area contributed by atoms with Crippen molar-refractivity contribution in [3.63, 3.8) is 0 Å². The third-order valence-electron chi connectivity index (χ3n) is 2.55. The summed E-state index contributed by atoms with van der Waals surface area (Å²) in [6.07, 6.45) is 0. The van der Waals surface area contributed by atoms with Crippen molar-refractivity contribution < 1.29 is 14.3 Å². The number of benzene rings is 1. The van der Waals surface area contributed by atoms with E-state index in [4.69, 9.17) is 9.47 Å². The van der Waals surface area contributed by atoms with Gasteiger partial charge in [-0.05, 0) is 18.2 Å². The van der Waals surface area contributed by atoms with Gasteiger partial charge in [-0.3, -0.25) is 4.79 Å². The van der Waals surface area contributed by atoms with E-state index >= 15 is 0 Å². The minimum Gasteiger partial charge on any atom is -0.454 e. The molecule has 6 heteroatoms. The molecule has 1 amide bonds. The molecule has 0 bridgehead atoms. The second kappa shape index (κ2) is 4.66. The van der Waals surface area contributed by atoms with Gasteiger partial charge in [-0.1, -0.05) is 0 Å². The Morgan fingerprint density at radius 1 is 1.39 bits per heavy atom. The molecule has 0 atom stereocenters. The number of rotatable bonds is 3. The summed E-state index contributed by atoms with van der Waals surface area (Å²) in [5, 5.41) is 4.70. The molecular weight excluding hydrogens is 252 g/mol. The van der Waals surface area contributed by atoms with E-state index in [-0.39, 0.29) is 12.7 Å². The molecule has 1 N–H and O–H groups in total. The van der Waals surface area contributed by atoms with Crippen LogP contribution in [0.15, 0.2) is 29.1 Å². The number of fused-ring (bicyclic) bond motifs is 1. The predicted octanol–water partition coefficient (Wildman–Crippen LogP) is 1.80. The van der Waals surface area contributed by atoms with Gasteiger partial charge in [-0.2, -0.15) is 0 Å². The second-order valence-electron chi connectivity index (χ2n) is 3.73. The van der Waals surface area contributed by atoms with Gasteiger partial charge in [0.1, 0.15) is 0 Å². The molecule has 0 saturated heterocycles. The fourth-order valence-electron chi connectivity index (χ4n) is 1.64. The summed E-state index contributed by atoms with van der Waals surface area (Å²) < 4.78 is 10.4. The number of nitrogens with one attached hydrogen (secondary N) is 1. The maximum atomic E-state index is 11.9. The van der Waals surface area contributed by atoms with Gasteiger partial charge in [0.25, 0.3) is 5.91 Å². The lowest BCUT2D eigenvalue weighted by molar-refractivity contribution is 0.0950. The highest BCUT2D eigenvalue weighted by Crippen LogP contribution is 2.32. The monoisotopic (exact) mass is 262 g/mol. The van der Waals surface area contributed by atoms with Crippen molar-refractivity contribution in [2.75, 3.05) is 6.79 Å². The van der Waals surface area contributed by atoms with E-state index in [1.807, 2.05) is 5.38 Å². The van der Waals surface area contributed by atoms with Crippen LogP contribution in [0.2, 0.25) is 0 Å². The van der Waals surface area contributed by atoms with Crippen molar-refractivity contribution >= 4 is 17.2 Å². The molecule has 92 valence electrons. The number of carbonyl (C=O) groups excluding carboxylic acids is 1. The predicted molar refractivity (Wildman–Crippen MR) is 65.8 cm³/mol. The number of amides is 1. The number of ether oxygens (including phenoxy) is 2. The number of nitrogens with zero attached hydrogens (tertiary/aromatic N) is 1. The minimum atomic E-state index is -0.152. The molecule has 2 heterocycles. The van der Waals surface area contributed by atoms with Crippen molar-refractivity contribution in [3.05, 3.63) is 40.3 Å². The summed E-state index contributed by atoms with van der Waals surface area (Å²) in [7, 11) is 0. The Morgan fingerprint density at radius 3 is 3.11 bits per heavy atom. The number of hydrogen-bond donors (Lipinski definition) is 1. The van der Waals surface area contributed by atoms with E-state index in [0.29, 0.717) is 23.6 Å². The lowest BCUT2D eigenvalue weighted by Crippen LogP contribution is -2.22. The standard InChI is InChI=1S/C12H10N2O3S/c15-12(13-4-9-5-18-6-14-9)8-1-2-10-11(3-8)17-7-16-10/h1-3,5-6H,4,7H2,(H,13,15). The zero-order chi connectivity index (χ0) is 12.4. The average molecular weight is 262 g/mol. The summed E-state index contributed by atoms with van der Waals surface area (Å²) in [5.74, 6) is 1.13. The highest BCUT2D eigenvalue weighted by molar-refractivity contribution is 7.07. The molecule has 0 fully saturated rings. The van der Waals surface area contributed by atoms with E-state index in [1.165, 1.54) is 11.3 Å². The van der Waals surface area contributed by atoms with Crippen LogP contribution in [0.1, 0.15) is 16.1 Å². The first-order valence-electron chi connectivity index (χ1n) is 5.38. The van der Waals surface area contributed by atoms with Gasteiger partial charge < -0.3 is 14.8 Å². The molecule has 0 aliphatic carbocycles. The van der Waals surface area contributed by atoms with Gasteiger partial charge in [0.15, 0.2) is 11.5 Å². The fourth-order valence-corrected chi connectivity index (χ4v) is 2.19. The maximum absolute atomic E-state index is 11.9. The number of hydrogen-bond acceptors (Lipinski definition) is 5. The Balaban J connectivity index is 1.69. The van der Waals surface area contributed by atoms with Crippen LogP contribution in [-0.2, 0) is 6.54 Å². The Kier molecular flexibility index (Phi) is 2.85. The molecule has 3 rings (SSSR count). The Morgan fingerprint density at radius 2 is 2.28 bits per heavy atom. The molecular formula is C12H10N2O3S. The quantitative estimate of drug-likeness (QED) is 0.916. The van der Waals surface area contributed by atoms with Crippen molar-refractivity contribution in [1.82, 2.24) is 10.3 Å². The Hall–Kier alpha value is -2.08.